The lowest BCUT2D eigenvalue weighted by Gasteiger charge is -2.16. The SMILES string of the molecule is COc1ccc(/C=N/Nc2ccccn2)cc1OC1CCCC1. The first-order valence-corrected chi connectivity index (χ1v) is 7.90. The van der Waals surface area contributed by atoms with E-state index in [2.05, 4.69) is 15.5 Å². The van der Waals surface area contributed by atoms with Crippen molar-refractivity contribution in [1.29, 1.82) is 0 Å². The molecule has 0 radical (unpaired) electrons. The third-order valence-corrected chi connectivity index (χ3v) is 3.84. The zero-order valence-corrected chi connectivity index (χ0v) is 13.2. The van der Waals surface area contributed by atoms with E-state index < -0.39 is 0 Å². The number of nitrogens with one attached hydrogen (secondary N) is 1. The van der Waals surface area contributed by atoms with E-state index in [1.54, 1.807) is 19.5 Å². The van der Waals surface area contributed by atoms with Gasteiger partial charge in [0.1, 0.15) is 5.82 Å². The minimum Gasteiger partial charge on any atom is -0.493 e. The van der Waals surface area contributed by atoms with Crippen molar-refractivity contribution < 1.29 is 9.47 Å². The number of methoxy groups -OCH3 is 1. The molecule has 0 bridgehead atoms. The highest BCUT2D eigenvalue weighted by molar-refractivity contribution is 5.81. The Morgan fingerprint density at radius 1 is 1.17 bits per heavy atom. The van der Waals surface area contributed by atoms with Crippen LogP contribution in [0.5, 0.6) is 11.5 Å². The van der Waals surface area contributed by atoms with Gasteiger partial charge >= 0.3 is 0 Å². The van der Waals surface area contributed by atoms with Gasteiger partial charge in [0, 0.05) is 6.20 Å². The molecule has 2 aromatic rings. The van der Waals surface area contributed by atoms with Gasteiger partial charge in [-0.2, -0.15) is 5.10 Å². The van der Waals surface area contributed by atoms with Crippen LogP contribution in [0.15, 0.2) is 47.7 Å². The van der Waals surface area contributed by atoms with Crippen LogP contribution in [0.3, 0.4) is 0 Å². The van der Waals surface area contributed by atoms with Crippen LogP contribution in [0.25, 0.3) is 0 Å². The van der Waals surface area contributed by atoms with Gasteiger partial charge in [0.25, 0.3) is 0 Å². The summed E-state index contributed by atoms with van der Waals surface area (Å²) < 4.78 is 11.5. The summed E-state index contributed by atoms with van der Waals surface area (Å²) in [6.45, 7) is 0. The molecule has 0 spiro atoms. The summed E-state index contributed by atoms with van der Waals surface area (Å²) in [5, 5.41) is 4.21. The van der Waals surface area contributed by atoms with E-state index >= 15 is 0 Å². The molecule has 120 valence electrons. The summed E-state index contributed by atoms with van der Waals surface area (Å²) in [7, 11) is 1.66. The second-order valence-electron chi connectivity index (χ2n) is 5.52. The second-order valence-corrected chi connectivity index (χ2v) is 5.52. The van der Waals surface area contributed by atoms with Crippen LogP contribution >= 0.6 is 0 Å². The summed E-state index contributed by atoms with van der Waals surface area (Å²) >= 11 is 0. The summed E-state index contributed by atoms with van der Waals surface area (Å²) in [6.07, 6.45) is 8.46. The lowest BCUT2D eigenvalue weighted by atomic mass is 10.2. The Bertz CT molecular complexity index is 653. The van der Waals surface area contributed by atoms with Crippen LogP contribution in [0.4, 0.5) is 5.82 Å². The quantitative estimate of drug-likeness (QED) is 0.650. The van der Waals surface area contributed by atoms with Crippen LogP contribution in [-0.2, 0) is 0 Å². The molecule has 1 aliphatic carbocycles. The molecule has 1 aromatic heterocycles. The van der Waals surface area contributed by atoms with Crippen LogP contribution in [0, 0.1) is 0 Å². The number of hydrogen-bond acceptors (Lipinski definition) is 5. The molecule has 1 aliphatic rings. The van der Waals surface area contributed by atoms with Crippen LogP contribution in [0.2, 0.25) is 0 Å². The van der Waals surface area contributed by atoms with E-state index in [0.717, 1.165) is 29.9 Å². The molecular weight excluding hydrogens is 290 g/mol. The van der Waals surface area contributed by atoms with Gasteiger partial charge in [-0.25, -0.2) is 4.98 Å². The number of hydrazone groups is 1. The third-order valence-electron chi connectivity index (χ3n) is 3.84. The molecule has 1 fully saturated rings. The molecule has 1 saturated carbocycles. The Balaban J connectivity index is 1.69. The lowest BCUT2D eigenvalue weighted by molar-refractivity contribution is 0.201. The van der Waals surface area contributed by atoms with Gasteiger partial charge in [-0.1, -0.05) is 6.07 Å². The summed E-state index contributed by atoms with van der Waals surface area (Å²) in [5.74, 6) is 2.24. The van der Waals surface area contributed by atoms with Crippen LogP contribution in [-0.4, -0.2) is 24.4 Å². The van der Waals surface area contributed by atoms with E-state index in [1.165, 1.54) is 12.8 Å². The fourth-order valence-corrected chi connectivity index (χ4v) is 2.65. The number of anilines is 1. The Kier molecular flexibility index (Phi) is 5.09. The van der Waals surface area contributed by atoms with Crippen molar-refractivity contribution in [3.63, 3.8) is 0 Å². The highest BCUT2D eigenvalue weighted by Gasteiger charge is 2.18. The molecule has 1 N–H and O–H groups in total. The first-order valence-electron chi connectivity index (χ1n) is 7.90. The molecule has 0 unspecified atom stereocenters. The fourth-order valence-electron chi connectivity index (χ4n) is 2.65. The first-order chi connectivity index (χ1) is 11.3. The Labute approximate surface area is 136 Å². The van der Waals surface area contributed by atoms with Gasteiger partial charge in [-0.15, -0.1) is 0 Å². The number of nitrogens with zero attached hydrogens (tertiary/aromatic N) is 2. The maximum absolute atomic E-state index is 6.08. The minimum absolute atomic E-state index is 0.294. The average Bonchev–Trinajstić information content (AvgIpc) is 3.09. The molecule has 5 heteroatoms. The predicted molar refractivity (Wildman–Crippen MR) is 91.3 cm³/mol. The Morgan fingerprint density at radius 2 is 2.04 bits per heavy atom. The lowest BCUT2D eigenvalue weighted by Crippen LogP contribution is -2.11. The van der Waals surface area contributed by atoms with Gasteiger partial charge in [-0.05, 0) is 61.6 Å². The largest absolute Gasteiger partial charge is 0.493 e. The molecule has 1 aromatic carbocycles. The molecule has 23 heavy (non-hydrogen) atoms. The van der Waals surface area contributed by atoms with Gasteiger partial charge in [0.05, 0.1) is 19.4 Å². The maximum Gasteiger partial charge on any atom is 0.162 e. The van der Waals surface area contributed by atoms with E-state index in [9.17, 15) is 0 Å². The van der Waals surface area contributed by atoms with Gasteiger partial charge in [-0.3, -0.25) is 5.43 Å². The van der Waals surface area contributed by atoms with E-state index in [4.69, 9.17) is 9.47 Å². The Hall–Kier alpha value is -2.56. The highest BCUT2D eigenvalue weighted by Crippen LogP contribution is 2.32. The topological polar surface area (TPSA) is 55.7 Å². The van der Waals surface area contributed by atoms with E-state index in [1.807, 2.05) is 36.4 Å². The standard InChI is InChI=1S/C18H21N3O2/c1-22-16-10-9-14(12-17(16)23-15-6-2-3-7-15)13-20-21-18-8-4-5-11-19-18/h4-5,8-13,15H,2-3,6-7H2,1H3,(H,19,21)/b20-13+. The smallest absolute Gasteiger partial charge is 0.162 e. The molecule has 3 rings (SSSR count). The van der Waals surface area contributed by atoms with Crippen molar-refractivity contribution in [1.82, 2.24) is 4.98 Å². The van der Waals surface area contributed by atoms with Crippen molar-refractivity contribution in [2.45, 2.75) is 31.8 Å². The van der Waals surface area contributed by atoms with Crippen LogP contribution < -0.4 is 14.9 Å². The average molecular weight is 311 g/mol. The first kappa shape index (κ1) is 15.3. The number of rotatable bonds is 6. The second kappa shape index (κ2) is 7.63. The molecule has 0 saturated heterocycles. The zero-order chi connectivity index (χ0) is 15.9. The van der Waals surface area contributed by atoms with Gasteiger partial charge < -0.3 is 9.47 Å². The fraction of sp³-hybridized carbons (Fsp3) is 0.333. The minimum atomic E-state index is 0.294. The number of pyridine rings is 1. The molecule has 1 heterocycles. The predicted octanol–water partition coefficient (Wildman–Crippen LogP) is 3.86. The monoisotopic (exact) mass is 311 g/mol. The molecular formula is C18H21N3O2. The summed E-state index contributed by atoms with van der Waals surface area (Å²) in [5.41, 5.74) is 3.85. The normalized spacial score (nSPS) is 15.0. The number of hydrogen-bond donors (Lipinski definition) is 1. The number of aromatic nitrogens is 1. The van der Waals surface area contributed by atoms with Crippen LogP contribution in [0.1, 0.15) is 31.2 Å². The van der Waals surface area contributed by atoms with Crippen molar-refractivity contribution in [2.75, 3.05) is 12.5 Å². The zero-order valence-electron chi connectivity index (χ0n) is 13.2. The van der Waals surface area contributed by atoms with Crippen molar-refractivity contribution in [3.8, 4) is 11.5 Å². The summed E-state index contributed by atoms with van der Waals surface area (Å²) in [6, 6.07) is 11.5. The molecule has 0 amide bonds. The van der Waals surface area contributed by atoms with Gasteiger partial charge in [0.2, 0.25) is 0 Å². The van der Waals surface area contributed by atoms with E-state index in [0.29, 0.717) is 11.9 Å². The van der Waals surface area contributed by atoms with Crippen molar-refractivity contribution >= 4 is 12.0 Å². The summed E-state index contributed by atoms with van der Waals surface area (Å²) in [4.78, 5) is 4.15. The molecule has 0 aliphatic heterocycles. The highest BCUT2D eigenvalue weighted by atomic mass is 16.5. The van der Waals surface area contributed by atoms with Crippen molar-refractivity contribution in [2.24, 2.45) is 5.10 Å². The maximum atomic E-state index is 6.08. The third kappa shape index (κ3) is 4.22. The van der Waals surface area contributed by atoms with Crippen molar-refractivity contribution in [3.05, 3.63) is 48.2 Å². The number of ether oxygens (including phenoxy) is 2. The molecule has 5 nitrogen and oxygen atoms in total. The number of benzene rings is 1. The Morgan fingerprint density at radius 3 is 2.78 bits per heavy atom. The van der Waals surface area contributed by atoms with E-state index in [-0.39, 0.29) is 0 Å². The van der Waals surface area contributed by atoms with Gasteiger partial charge in [0.15, 0.2) is 11.5 Å². The molecule has 0 atom stereocenters.